The summed E-state index contributed by atoms with van der Waals surface area (Å²) in [6.45, 7) is 3.23. The molecule has 0 amide bonds. The van der Waals surface area contributed by atoms with Gasteiger partial charge in [0.25, 0.3) is 0 Å². The van der Waals surface area contributed by atoms with E-state index in [0.29, 0.717) is 12.3 Å². The lowest BCUT2D eigenvalue weighted by Crippen LogP contribution is -2.79. The van der Waals surface area contributed by atoms with Gasteiger partial charge in [0, 0.05) is 25.8 Å². The van der Waals surface area contributed by atoms with E-state index in [1.165, 1.54) is 0 Å². The molecular formula is C8H16N3O+. The summed E-state index contributed by atoms with van der Waals surface area (Å²) in [6, 6.07) is 0. The summed E-state index contributed by atoms with van der Waals surface area (Å²) >= 11 is 0. The molecule has 0 bridgehead atoms. The van der Waals surface area contributed by atoms with Crippen molar-refractivity contribution in [2.45, 2.75) is 0 Å². The van der Waals surface area contributed by atoms with E-state index in [1.807, 2.05) is 6.20 Å². The van der Waals surface area contributed by atoms with E-state index >= 15 is 0 Å². The first-order valence-electron chi connectivity index (χ1n) is 4.14. The molecule has 4 heteroatoms. The van der Waals surface area contributed by atoms with Gasteiger partial charge < -0.3 is 20.8 Å². The van der Waals surface area contributed by atoms with Crippen molar-refractivity contribution in [3.8, 4) is 0 Å². The topological polar surface area (TPSA) is 61.7 Å². The Hall–Kier alpha value is -0.710. The van der Waals surface area contributed by atoms with Gasteiger partial charge >= 0.3 is 0 Å². The number of rotatable bonds is 4. The van der Waals surface area contributed by atoms with E-state index < -0.39 is 0 Å². The predicted molar refractivity (Wildman–Crippen MR) is 47.3 cm³/mol. The second-order valence-electron chi connectivity index (χ2n) is 2.79. The molecule has 0 aromatic rings. The number of hydrogen-bond donors (Lipinski definition) is 3. The molecule has 1 heterocycles. The minimum atomic E-state index is 0.712. The van der Waals surface area contributed by atoms with E-state index in [0.717, 1.165) is 25.3 Å². The second kappa shape index (κ2) is 5.03. The van der Waals surface area contributed by atoms with Gasteiger partial charge in [-0.05, 0) is 0 Å². The van der Waals surface area contributed by atoms with Crippen LogP contribution in [-0.2, 0) is 4.74 Å². The number of hydrogen-bond acceptors (Lipinski definition) is 3. The summed E-state index contributed by atoms with van der Waals surface area (Å²) in [5.41, 5.74) is 1.81. The molecular weight excluding hydrogens is 154 g/mol. The minimum absolute atomic E-state index is 0.712. The van der Waals surface area contributed by atoms with Crippen LogP contribution < -0.4 is 10.6 Å². The van der Waals surface area contributed by atoms with Crippen LogP contribution in [0.4, 0.5) is 0 Å². The molecule has 1 fully saturated rings. The van der Waals surface area contributed by atoms with E-state index in [-0.39, 0.29) is 0 Å². The summed E-state index contributed by atoms with van der Waals surface area (Å²) in [7, 11) is 1.69. The molecule has 0 atom stereocenters. The van der Waals surface area contributed by atoms with E-state index in [2.05, 4.69) is 10.6 Å². The lowest BCUT2D eigenvalue weighted by Gasteiger charge is -1.95. The van der Waals surface area contributed by atoms with Gasteiger partial charge in [-0.1, -0.05) is 0 Å². The Morgan fingerprint density at radius 1 is 1.67 bits per heavy atom. The van der Waals surface area contributed by atoms with Crippen LogP contribution in [0.1, 0.15) is 0 Å². The van der Waals surface area contributed by atoms with Crippen LogP contribution in [0.5, 0.6) is 0 Å². The maximum atomic E-state index is 7.50. The third kappa shape index (κ3) is 2.73. The highest BCUT2D eigenvalue weighted by Crippen LogP contribution is 1.97. The van der Waals surface area contributed by atoms with Gasteiger partial charge in [0.15, 0.2) is 0 Å². The first-order valence-corrected chi connectivity index (χ1v) is 4.14. The lowest BCUT2D eigenvalue weighted by atomic mass is 10.2. The number of nitrogens with two attached hydrogens (primary N) is 1. The van der Waals surface area contributed by atoms with E-state index in [4.69, 9.17) is 10.1 Å². The van der Waals surface area contributed by atoms with Gasteiger partial charge in [-0.25, -0.2) is 0 Å². The highest BCUT2D eigenvalue weighted by molar-refractivity contribution is 6.01. The zero-order valence-electron chi connectivity index (χ0n) is 7.39. The van der Waals surface area contributed by atoms with Crippen LogP contribution in [0, 0.1) is 5.41 Å². The molecule has 1 rings (SSSR count). The normalized spacial score (nSPS) is 20.8. The SMILES string of the molecule is COCC[NH2+]C=C1CNCC1=N. The van der Waals surface area contributed by atoms with Crippen LogP contribution in [0.3, 0.4) is 0 Å². The molecule has 0 spiro atoms. The van der Waals surface area contributed by atoms with Gasteiger partial charge in [0.05, 0.1) is 18.5 Å². The molecule has 0 unspecified atom stereocenters. The Balaban J connectivity index is 2.22. The summed E-state index contributed by atoms with van der Waals surface area (Å²) < 4.78 is 4.90. The van der Waals surface area contributed by atoms with Crippen LogP contribution in [0.25, 0.3) is 0 Å². The Kier molecular flexibility index (Phi) is 3.93. The lowest BCUT2D eigenvalue weighted by molar-refractivity contribution is -0.590. The van der Waals surface area contributed by atoms with Gasteiger partial charge in [0.1, 0.15) is 6.54 Å². The van der Waals surface area contributed by atoms with Crippen molar-refractivity contribution in [1.82, 2.24) is 5.32 Å². The minimum Gasteiger partial charge on any atom is -0.379 e. The smallest absolute Gasteiger partial charge is 0.103 e. The highest BCUT2D eigenvalue weighted by atomic mass is 16.5. The van der Waals surface area contributed by atoms with Crippen molar-refractivity contribution in [3.05, 3.63) is 11.8 Å². The Morgan fingerprint density at radius 2 is 2.50 bits per heavy atom. The fraction of sp³-hybridized carbons (Fsp3) is 0.625. The zero-order valence-corrected chi connectivity index (χ0v) is 7.39. The average molecular weight is 170 g/mol. The van der Waals surface area contributed by atoms with Crippen LogP contribution >= 0.6 is 0 Å². The molecule has 1 aliphatic rings. The fourth-order valence-corrected chi connectivity index (χ4v) is 1.11. The van der Waals surface area contributed by atoms with Gasteiger partial charge in [0.2, 0.25) is 0 Å². The van der Waals surface area contributed by atoms with Crippen molar-refractivity contribution < 1.29 is 10.1 Å². The summed E-state index contributed by atoms with van der Waals surface area (Å²) in [6.07, 6.45) is 2.02. The van der Waals surface area contributed by atoms with Gasteiger partial charge in [-0.2, -0.15) is 0 Å². The van der Waals surface area contributed by atoms with Crippen molar-refractivity contribution in [2.75, 3.05) is 33.4 Å². The number of methoxy groups -OCH3 is 1. The zero-order chi connectivity index (χ0) is 8.81. The van der Waals surface area contributed by atoms with Crippen LogP contribution in [0.2, 0.25) is 0 Å². The molecule has 0 aromatic carbocycles. The van der Waals surface area contributed by atoms with E-state index in [1.54, 1.807) is 7.11 Å². The van der Waals surface area contributed by atoms with Crippen LogP contribution in [-0.4, -0.2) is 39.1 Å². The van der Waals surface area contributed by atoms with Gasteiger partial charge in [-0.3, -0.25) is 0 Å². The molecule has 0 aromatic heterocycles. The molecule has 4 N–H and O–H groups in total. The second-order valence-corrected chi connectivity index (χ2v) is 2.79. The van der Waals surface area contributed by atoms with E-state index in [9.17, 15) is 0 Å². The summed E-state index contributed by atoms with van der Waals surface area (Å²) in [5, 5.41) is 12.7. The number of quaternary nitrogens is 1. The Labute approximate surface area is 72.5 Å². The summed E-state index contributed by atoms with van der Waals surface area (Å²) in [4.78, 5) is 0. The first kappa shape index (κ1) is 9.38. The quantitative estimate of drug-likeness (QED) is 0.459. The third-order valence-electron chi connectivity index (χ3n) is 1.81. The standard InChI is InChI=1S/C8H15N3O/c1-12-3-2-10-4-7-5-11-6-8(7)9/h4,9-11H,2-3,5-6H2,1H3/p+1. The predicted octanol–water partition coefficient (Wildman–Crippen LogP) is -1.30. The Bertz CT molecular complexity index is 189. The number of nitrogens with one attached hydrogen (secondary N) is 2. The first-order chi connectivity index (χ1) is 5.84. The maximum Gasteiger partial charge on any atom is 0.103 e. The molecule has 0 saturated carbocycles. The molecule has 1 aliphatic heterocycles. The van der Waals surface area contributed by atoms with Crippen molar-refractivity contribution >= 4 is 5.71 Å². The molecule has 1 saturated heterocycles. The van der Waals surface area contributed by atoms with Gasteiger partial charge in [-0.15, -0.1) is 0 Å². The molecule has 12 heavy (non-hydrogen) atoms. The van der Waals surface area contributed by atoms with Crippen molar-refractivity contribution in [2.24, 2.45) is 0 Å². The molecule has 68 valence electrons. The van der Waals surface area contributed by atoms with Crippen molar-refractivity contribution in [3.63, 3.8) is 0 Å². The maximum absolute atomic E-state index is 7.50. The van der Waals surface area contributed by atoms with Crippen molar-refractivity contribution in [1.29, 1.82) is 5.41 Å². The fourth-order valence-electron chi connectivity index (χ4n) is 1.11. The molecule has 4 nitrogen and oxygen atoms in total. The summed E-state index contributed by atoms with van der Waals surface area (Å²) in [5.74, 6) is 0. The Morgan fingerprint density at radius 3 is 3.08 bits per heavy atom. The van der Waals surface area contributed by atoms with Crippen LogP contribution in [0.15, 0.2) is 11.8 Å². The molecule has 0 aliphatic carbocycles. The third-order valence-corrected chi connectivity index (χ3v) is 1.81. The molecule has 0 radical (unpaired) electrons. The highest BCUT2D eigenvalue weighted by Gasteiger charge is 2.12. The monoisotopic (exact) mass is 170 g/mol. The average Bonchev–Trinajstić information content (AvgIpc) is 2.46. The number of ether oxygens (including phenoxy) is 1. The largest absolute Gasteiger partial charge is 0.379 e.